The summed E-state index contributed by atoms with van der Waals surface area (Å²) < 4.78 is 38.0. The molecule has 3 N–H and O–H groups in total. The molecule has 0 bridgehead atoms. The van der Waals surface area contributed by atoms with Crippen molar-refractivity contribution in [3.8, 4) is 11.3 Å². The summed E-state index contributed by atoms with van der Waals surface area (Å²) in [7, 11) is -3.78. The summed E-state index contributed by atoms with van der Waals surface area (Å²) in [5.74, 6) is -0.674. The topological polar surface area (TPSA) is 120 Å². The summed E-state index contributed by atoms with van der Waals surface area (Å²) in [6, 6.07) is 10.1. The van der Waals surface area contributed by atoms with Crippen molar-refractivity contribution in [3.05, 3.63) is 65.6 Å². The van der Waals surface area contributed by atoms with E-state index >= 15 is 0 Å². The summed E-state index contributed by atoms with van der Waals surface area (Å²) >= 11 is 0. The average Bonchev–Trinajstić information content (AvgIpc) is 3.17. The van der Waals surface area contributed by atoms with Crippen molar-refractivity contribution >= 4 is 15.9 Å². The molecule has 3 rings (SSSR count). The maximum Gasteiger partial charge on any atom is 0.245 e. The normalized spacial score (nSPS) is 12.7. The molecule has 1 heterocycles. The van der Waals surface area contributed by atoms with Crippen molar-refractivity contribution in [1.82, 2.24) is 20.3 Å². The van der Waals surface area contributed by atoms with Gasteiger partial charge in [0.15, 0.2) is 0 Å². The van der Waals surface area contributed by atoms with Crippen molar-refractivity contribution in [2.45, 2.75) is 38.3 Å². The number of hydrogen-bond acceptors (Lipinski definition) is 5. The number of amides is 1. The molecule has 1 atom stereocenters. The van der Waals surface area contributed by atoms with E-state index in [4.69, 9.17) is 5.14 Å². The van der Waals surface area contributed by atoms with Gasteiger partial charge in [0, 0.05) is 12.1 Å². The van der Waals surface area contributed by atoms with Gasteiger partial charge >= 0.3 is 0 Å². The van der Waals surface area contributed by atoms with Crippen molar-refractivity contribution in [1.29, 1.82) is 0 Å². The third-order valence-corrected chi connectivity index (χ3v) is 5.81. The standard InChI is InChI=1S/C21H24FN5O3S/c1-13(2)20(21(28)24-11-15-5-4-14(3)18(22)10-15)27-12-19(25-26-27)16-6-8-17(9-7-16)31(23,29)30/h4-10,12-13,20H,11H2,1-3H3,(H,24,28)(H2,23,29,30)/t20-/m1/s1. The lowest BCUT2D eigenvalue weighted by Gasteiger charge is -2.20. The molecule has 10 heteroatoms. The second kappa shape index (κ2) is 8.94. The molecule has 1 aromatic heterocycles. The molecule has 3 aromatic rings. The van der Waals surface area contributed by atoms with Crippen LogP contribution in [0.3, 0.4) is 0 Å². The van der Waals surface area contributed by atoms with Gasteiger partial charge in [-0.3, -0.25) is 4.79 Å². The number of benzene rings is 2. The molecule has 2 aromatic carbocycles. The fourth-order valence-electron chi connectivity index (χ4n) is 3.13. The Hall–Kier alpha value is -3.11. The quantitative estimate of drug-likeness (QED) is 0.579. The summed E-state index contributed by atoms with van der Waals surface area (Å²) in [5.41, 5.74) is 2.33. The van der Waals surface area contributed by atoms with Crippen molar-refractivity contribution in [3.63, 3.8) is 0 Å². The first kappa shape index (κ1) is 22.6. The van der Waals surface area contributed by atoms with Crippen LogP contribution in [0.1, 0.15) is 31.0 Å². The lowest BCUT2D eigenvalue weighted by Crippen LogP contribution is -2.35. The van der Waals surface area contributed by atoms with Crippen LogP contribution in [0.25, 0.3) is 11.3 Å². The number of halogens is 1. The highest BCUT2D eigenvalue weighted by molar-refractivity contribution is 7.89. The highest BCUT2D eigenvalue weighted by atomic mass is 32.2. The predicted molar refractivity (Wildman–Crippen MR) is 114 cm³/mol. The predicted octanol–water partition coefficient (Wildman–Crippen LogP) is 2.55. The molecule has 31 heavy (non-hydrogen) atoms. The van der Waals surface area contributed by atoms with Gasteiger partial charge < -0.3 is 5.32 Å². The average molecular weight is 446 g/mol. The zero-order valence-corrected chi connectivity index (χ0v) is 18.2. The van der Waals surface area contributed by atoms with Gasteiger partial charge in [0.1, 0.15) is 17.6 Å². The zero-order chi connectivity index (χ0) is 22.8. The van der Waals surface area contributed by atoms with Gasteiger partial charge in [-0.25, -0.2) is 22.6 Å². The van der Waals surface area contributed by atoms with E-state index < -0.39 is 16.1 Å². The molecule has 0 aliphatic heterocycles. The molecule has 1 amide bonds. The summed E-state index contributed by atoms with van der Waals surface area (Å²) in [5, 5.41) is 16.1. The Morgan fingerprint density at radius 3 is 2.45 bits per heavy atom. The maximum atomic E-state index is 13.7. The number of carbonyl (C=O) groups is 1. The van der Waals surface area contributed by atoms with E-state index in [0.29, 0.717) is 22.4 Å². The van der Waals surface area contributed by atoms with Crippen molar-refractivity contribution in [2.24, 2.45) is 11.1 Å². The van der Waals surface area contributed by atoms with Crippen LogP contribution in [0.2, 0.25) is 0 Å². The van der Waals surface area contributed by atoms with Gasteiger partial charge in [0.25, 0.3) is 0 Å². The minimum Gasteiger partial charge on any atom is -0.350 e. The minimum absolute atomic E-state index is 0.00406. The number of primary sulfonamides is 1. The summed E-state index contributed by atoms with van der Waals surface area (Å²) in [6.07, 6.45) is 1.63. The van der Waals surface area contributed by atoms with E-state index in [1.54, 1.807) is 37.4 Å². The minimum atomic E-state index is -3.78. The van der Waals surface area contributed by atoms with Gasteiger partial charge in [-0.1, -0.05) is 43.3 Å². The monoisotopic (exact) mass is 445 g/mol. The number of aryl methyl sites for hydroxylation is 1. The Bertz CT molecular complexity index is 1190. The van der Waals surface area contributed by atoms with Crippen molar-refractivity contribution < 1.29 is 17.6 Å². The number of nitrogens with zero attached hydrogens (tertiary/aromatic N) is 3. The molecular weight excluding hydrogens is 421 g/mol. The van der Waals surface area contributed by atoms with Crippen molar-refractivity contribution in [2.75, 3.05) is 0 Å². The molecular formula is C21H24FN5O3S. The summed E-state index contributed by atoms with van der Waals surface area (Å²) in [4.78, 5) is 12.8. The number of nitrogens with one attached hydrogen (secondary N) is 1. The van der Waals surface area contributed by atoms with E-state index in [1.165, 1.54) is 22.9 Å². The number of sulfonamides is 1. The third-order valence-electron chi connectivity index (χ3n) is 4.88. The fraction of sp³-hybridized carbons (Fsp3) is 0.286. The number of aromatic nitrogens is 3. The molecule has 0 fully saturated rings. The molecule has 8 nitrogen and oxygen atoms in total. The second-order valence-corrected chi connectivity index (χ2v) is 9.20. The van der Waals surface area contributed by atoms with Crippen LogP contribution < -0.4 is 10.5 Å². The van der Waals surface area contributed by atoms with Crippen LogP contribution in [0.15, 0.2) is 53.6 Å². The SMILES string of the molecule is Cc1ccc(CNC(=O)[C@@H](C(C)C)n2cc(-c3ccc(S(N)(=O)=O)cc3)nn2)cc1F. The van der Waals surface area contributed by atoms with E-state index in [0.717, 1.165) is 0 Å². The number of rotatable bonds is 7. The second-order valence-electron chi connectivity index (χ2n) is 7.64. The Morgan fingerprint density at radius 1 is 1.19 bits per heavy atom. The first-order chi connectivity index (χ1) is 14.6. The number of carbonyl (C=O) groups excluding carboxylic acids is 1. The van der Waals surface area contributed by atoms with Gasteiger partial charge in [-0.2, -0.15) is 0 Å². The Labute approximate surface area is 180 Å². The molecule has 0 aliphatic carbocycles. The maximum absolute atomic E-state index is 13.7. The largest absolute Gasteiger partial charge is 0.350 e. The van der Waals surface area contributed by atoms with E-state index in [2.05, 4.69) is 15.6 Å². The van der Waals surface area contributed by atoms with Gasteiger partial charge in [-0.05, 0) is 42.2 Å². The molecule has 0 saturated heterocycles. The molecule has 0 saturated carbocycles. The molecule has 0 unspecified atom stereocenters. The molecule has 0 radical (unpaired) electrons. The molecule has 0 spiro atoms. The Kier molecular flexibility index (Phi) is 6.51. The van der Waals surface area contributed by atoms with E-state index in [1.807, 2.05) is 13.8 Å². The van der Waals surface area contributed by atoms with E-state index in [9.17, 15) is 17.6 Å². The van der Waals surface area contributed by atoms with Crippen LogP contribution in [0, 0.1) is 18.7 Å². The van der Waals surface area contributed by atoms with Gasteiger partial charge in [-0.15, -0.1) is 5.10 Å². The first-order valence-electron chi connectivity index (χ1n) is 9.64. The highest BCUT2D eigenvalue weighted by Gasteiger charge is 2.25. The van der Waals surface area contributed by atoms with Crippen LogP contribution >= 0.6 is 0 Å². The molecule has 164 valence electrons. The smallest absolute Gasteiger partial charge is 0.245 e. The number of hydrogen-bond donors (Lipinski definition) is 2. The molecule has 0 aliphatic rings. The lowest BCUT2D eigenvalue weighted by molar-refractivity contribution is -0.126. The lowest BCUT2D eigenvalue weighted by atomic mass is 10.0. The Balaban J connectivity index is 1.76. The number of nitrogens with two attached hydrogens (primary N) is 1. The van der Waals surface area contributed by atoms with Crippen LogP contribution in [-0.2, 0) is 21.4 Å². The first-order valence-corrected chi connectivity index (χ1v) is 11.2. The van der Waals surface area contributed by atoms with Gasteiger partial charge in [0.05, 0.1) is 11.1 Å². The van der Waals surface area contributed by atoms with E-state index in [-0.39, 0.29) is 29.1 Å². The van der Waals surface area contributed by atoms with Crippen LogP contribution in [-0.4, -0.2) is 29.3 Å². The Morgan fingerprint density at radius 2 is 1.87 bits per heavy atom. The fourth-order valence-corrected chi connectivity index (χ4v) is 3.64. The third kappa shape index (κ3) is 5.33. The van der Waals surface area contributed by atoms with Crippen LogP contribution in [0.5, 0.6) is 0 Å². The van der Waals surface area contributed by atoms with Crippen LogP contribution in [0.4, 0.5) is 4.39 Å². The zero-order valence-electron chi connectivity index (χ0n) is 17.4. The van der Waals surface area contributed by atoms with Gasteiger partial charge in [0.2, 0.25) is 15.9 Å². The summed E-state index contributed by atoms with van der Waals surface area (Å²) in [6.45, 7) is 5.64. The highest BCUT2D eigenvalue weighted by Crippen LogP contribution is 2.23.